The van der Waals surface area contributed by atoms with E-state index in [1.807, 2.05) is 30.3 Å². The highest BCUT2D eigenvalue weighted by atomic mass is 32.1. The lowest BCUT2D eigenvalue weighted by Crippen LogP contribution is -2.56. The van der Waals surface area contributed by atoms with Crippen molar-refractivity contribution in [2.24, 2.45) is 0 Å². The van der Waals surface area contributed by atoms with Gasteiger partial charge in [-0.1, -0.05) is 42.5 Å². The van der Waals surface area contributed by atoms with E-state index in [1.165, 1.54) is 21.4 Å². The van der Waals surface area contributed by atoms with Crippen molar-refractivity contribution in [3.05, 3.63) is 95.5 Å². The van der Waals surface area contributed by atoms with E-state index in [0.29, 0.717) is 33.5 Å². The van der Waals surface area contributed by atoms with E-state index in [2.05, 4.69) is 46.3 Å². The summed E-state index contributed by atoms with van der Waals surface area (Å²) in [6.45, 7) is 1.11. The van der Waals surface area contributed by atoms with Crippen LogP contribution >= 0.6 is 11.3 Å². The summed E-state index contributed by atoms with van der Waals surface area (Å²) in [5.74, 6) is -0.896. The first-order valence-electron chi connectivity index (χ1n) is 16.0. The molecule has 5 N–H and O–H groups in total. The number of aliphatic hydroxyl groups is 1. The van der Waals surface area contributed by atoms with Gasteiger partial charge in [-0.05, 0) is 30.7 Å². The van der Waals surface area contributed by atoms with Gasteiger partial charge < -0.3 is 31.1 Å². The van der Waals surface area contributed by atoms with E-state index in [-0.39, 0.29) is 43.5 Å². The van der Waals surface area contributed by atoms with Gasteiger partial charge in [-0.2, -0.15) is 5.10 Å². The summed E-state index contributed by atoms with van der Waals surface area (Å²) < 4.78 is 7.19. The van der Waals surface area contributed by atoms with Gasteiger partial charge in [0.15, 0.2) is 16.7 Å². The summed E-state index contributed by atoms with van der Waals surface area (Å²) >= 11 is 1.18. The van der Waals surface area contributed by atoms with Gasteiger partial charge in [-0.15, -0.1) is 11.3 Å². The molecule has 4 amide bonds. The highest BCUT2D eigenvalue weighted by Gasteiger charge is 2.30. The summed E-state index contributed by atoms with van der Waals surface area (Å²) in [7, 11) is 0. The Kier molecular flexibility index (Phi) is 11.0. The smallest absolute Gasteiger partial charge is 0.271 e. The first-order chi connectivity index (χ1) is 24.8. The molecule has 17 heteroatoms. The van der Waals surface area contributed by atoms with Crippen molar-refractivity contribution in [2.45, 2.75) is 38.0 Å². The summed E-state index contributed by atoms with van der Waals surface area (Å²) in [6.07, 6.45) is 3.16. The molecule has 2 aliphatic heterocycles. The van der Waals surface area contributed by atoms with Crippen molar-refractivity contribution in [2.75, 3.05) is 19.8 Å². The second kappa shape index (κ2) is 16.1. The first kappa shape index (κ1) is 34.8. The van der Waals surface area contributed by atoms with E-state index < -0.39 is 42.5 Å². The number of nitrogens with zero attached hydrogens (tertiary/aromatic N) is 6. The predicted molar refractivity (Wildman–Crippen MR) is 184 cm³/mol. The normalized spacial score (nSPS) is 18.8. The van der Waals surface area contributed by atoms with Gasteiger partial charge in [0.1, 0.15) is 42.5 Å². The maximum atomic E-state index is 13.7. The Morgan fingerprint density at radius 3 is 2.49 bits per heavy atom. The molecule has 7 rings (SSSR count). The van der Waals surface area contributed by atoms with E-state index in [0.717, 1.165) is 0 Å². The topological polar surface area (TPSA) is 215 Å². The van der Waals surface area contributed by atoms with Crippen LogP contribution in [-0.4, -0.2) is 90.3 Å². The summed E-state index contributed by atoms with van der Waals surface area (Å²) in [6, 6.07) is 14.3. The Morgan fingerprint density at radius 2 is 1.75 bits per heavy atom. The Bertz CT molecular complexity index is 1990. The maximum Gasteiger partial charge on any atom is 0.271 e. The van der Waals surface area contributed by atoms with Crippen LogP contribution in [0.15, 0.2) is 78.4 Å². The standard InChI is InChI=1S/C34H34N10O6S/c1-20-30-42-28(22-6-3-2-4-7-22)43-44(30)17-27(46)35-14-15-50-23-10-8-21(9-11-23)16-24(31(47)40-25(18-45)32(48)38-20)39-33(49)26-19-51-34(41-26)29-36-12-5-13-37-29/h2-13,19-20,24-25,45H,14-18H2,1H3,(H,35,46)(H,38,48)(H,39,49)(H,40,47)/t20-,24-,25-/m0/s1. The zero-order valence-electron chi connectivity index (χ0n) is 27.4. The van der Waals surface area contributed by atoms with Gasteiger partial charge in [0, 0.05) is 29.8 Å². The van der Waals surface area contributed by atoms with Gasteiger partial charge in [0.25, 0.3) is 5.91 Å². The van der Waals surface area contributed by atoms with E-state index >= 15 is 0 Å². The third-order valence-corrected chi connectivity index (χ3v) is 8.60. The van der Waals surface area contributed by atoms with Crippen LogP contribution in [0, 0.1) is 0 Å². The number of aliphatic hydroxyl groups excluding tert-OH is 1. The van der Waals surface area contributed by atoms with Crippen molar-refractivity contribution >= 4 is 35.0 Å². The molecule has 16 nitrogen and oxygen atoms in total. The molecule has 5 aromatic rings. The van der Waals surface area contributed by atoms with Crippen LogP contribution in [0.25, 0.3) is 22.2 Å². The maximum absolute atomic E-state index is 13.7. The first-order valence-corrected chi connectivity index (χ1v) is 16.9. The Balaban J connectivity index is 1.26. The minimum atomic E-state index is -1.39. The van der Waals surface area contributed by atoms with Crippen LogP contribution in [0.5, 0.6) is 5.75 Å². The van der Waals surface area contributed by atoms with Crippen LogP contribution in [0.3, 0.4) is 0 Å². The summed E-state index contributed by atoms with van der Waals surface area (Å²) in [5, 5.41) is 27.6. The lowest BCUT2D eigenvalue weighted by Gasteiger charge is -2.23. The summed E-state index contributed by atoms with van der Waals surface area (Å²) in [5.41, 5.74) is 1.44. The lowest BCUT2D eigenvalue weighted by atomic mass is 10.0. The molecular formula is C34H34N10O6S. The zero-order chi connectivity index (χ0) is 35.7. The molecule has 0 spiro atoms. The number of ether oxygens (including phenoxy) is 1. The number of benzene rings is 2. The second-order valence-electron chi connectivity index (χ2n) is 11.5. The molecule has 3 atom stereocenters. The quantitative estimate of drug-likeness (QED) is 0.174. The molecule has 0 radical (unpaired) electrons. The molecule has 0 fully saturated rings. The zero-order valence-corrected chi connectivity index (χ0v) is 28.2. The Morgan fingerprint density at radius 1 is 0.980 bits per heavy atom. The molecule has 0 saturated heterocycles. The molecule has 262 valence electrons. The largest absolute Gasteiger partial charge is 0.492 e. The van der Waals surface area contributed by atoms with Crippen molar-refractivity contribution in [1.82, 2.24) is 51.0 Å². The van der Waals surface area contributed by atoms with E-state index in [1.54, 1.807) is 49.6 Å². The number of nitrogens with one attached hydrogen (secondary N) is 4. The molecule has 2 aliphatic rings. The van der Waals surface area contributed by atoms with Gasteiger partial charge in [-0.3, -0.25) is 19.2 Å². The average Bonchev–Trinajstić information content (AvgIpc) is 3.81. The van der Waals surface area contributed by atoms with Crippen molar-refractivity contribution < 1.29 is 29.0 Å². The van der Waals surface area contributed by atoms with Gasteiger partial charge in [0.2, 0.25) is 17.7 Å². The molecule has 0 unspecified atom stereocenters. The molecule has 2 aromatic carbocycles. The number of hydrogen-bond acceptors (Lipinski definition) is 12. The van der Waals surface area contributed by atoms with Crippen LogP contribution < -0.4 is 26.0 Å². The number of thiazole rings is 1. The Hall–Kier alpha value is -6.07. The lowest BCUT2D eigenvalue weighted by molar-refractivity contribution is -0.131. The van der Waals surface area contributed by atoms with Gasteiger partial charge >= 0.3 is 0 Å². The van der Waals surface area contributed by atoms with Crippen molar-refractivity contribution in [3.63, 3.8) is 0 Å². The third-order valence-electron chi connectivity index (χ3n) is 7.76. The van der Waals surface area contributed by atoms with Gasteiger partial charge in [0.05, 0.1) is 19.2 Å². The SMILES string of the molecule is C[C@@H]1NC(=O)[C@H](CO)NC(=O)[C@@H](NC(=O)c2csc(-c3ncccn3)n2)Cc2ccc(cc2)OCCNC(=O)Cn2nc(-c3ccccc3)nc21. The number of fused-ring (bicyclic) bond motifs is 14. The minimum Gasteiger partial charge on any atom is -0.492 e. The molecular weight excluding hydrogens is 677 g/mol. The third kappa shape index (κ3) is 8.75. The fraction of sp³-hybridized carbons (Fsp3) is 0.265. The molecule has 51 heavy (non-hydrogen) atoms. The molecule has 0 aliphatic carbocycles. The fourth-order valence-electron chi connectivity index (χ4n) is 5.19. The van der Waals surface area contributed by atoms with E-state index in [4.69, 9.17) is 4.74 Å². The van der Waals surface area contributed by atoms with Crippen LogP contribution in [0.4, 0.5) is 0 Å². The molecule has 0 saturated carbocycles. The number of carbonyl (C=O) groups excluding carboxylic acids is 4. The minimum absolute atomic E-state index is 0.0360. The monoisotopic (exact) mass is 710 g/mol. The van der Waals surface area contributed by atoms with Crippen LogP contribution in [-0.2, 0) is 27.3 Å². The fourth-order valence-corrected chi connectivity index (χ4v) is 5.93. The highest BCUT2D eigenvalue weighted by Crippen LogP contribution is 2.21. The summed E-state index contributed by atoms with van der Waals surface area (Å²) in [4.78, 5) is 70.7. The number of rotatable bonds is 5. The predicted octanol–water partition coefficient (Wildman–Crippen LogP) is 1.06. The number of carbonyl (C=O) groups is 4. The number of amides is 4. The molecule has 3 aromatic heterocycles. The average molecular weight is 711 g/mol. The highest BCUT2D eigenvalue weighted by molar-refractivity contribution is 7.13. The molecule has 5 heterocycles. The molecule has 2 bridgehead atoms. The van der Waals surface area contributed by atoms with Gasteiger partial charge in [-0.25, -0.2) is 24.6 Å². The number of hydrogen-bond donors (Lipinski definition) is 5. The van der Waals surface area contributed by atoms with Crippen LogP contribution in [0.2, 0.25) is 0 Å². The van der Waals surface area contributed by atoms with E-state index in [9.17, 15) is 24.3 Å². The Labute approximate surface area is 295 Å². The van der Waals surface area contributed by atoms with Crippen LogP contribution in [0.1, 0.15) is 34.8 Å². The van der Waals surface area contributed by atoms with Crippen molar-refractivity contribution in [3.8, 4) is 28.0 Å². The number of aromatic nitrogens is 6. The second-order valence-corrected chi connectivity index (χ2v) is 12.3. The van der Waals surface area contributed by atoms with Crippen molar-refractivity contribution in [1.29, 1.82) is 0 Å².